The van der Waals surface area contributed by atoms with Gasteiger partial charge in [0.2, 0.25) is 11.8 Å². The van der Waals surface area contributed by atoms with Crippen LogP contribution in [0.5, 0.6) is 5.75 Å². The summed E-state index contributed by atoms with van der Waals surface area (Å²) in [7, 11) is 1.64. The topological polar surface area (TPSA) is 61.0 Å². The lowest BCUT2D eigenvalue weighted by atomic mass is 10.1. The number of aryl methyl sites for hydroxylation is 1. The van der Waals surface area contributed by atoms with Crippen LogP contribution >= 0.6 is 23.1 Å². The van der Waals surface area contributed by atoms with Gasteiger partial charge >= 0.3 is 0 Å². The number of methoxy groups -OCH3 is 1. The highest BCUT2D eigenvalue weighted by molar-refractivity contribution is 8.01. The highest BCUT2D eigenvalue weighted by Gasteiger charge is 2.18. The number of aromatic nitrogens is 3. The quantitative estimate of drug-likeness (QED) is 0.362. The van der Waals surface area contributed by atoms with Crippen LogP contribution in [-0.4, -0.2) is 22.3 Å². The van der Waals surface area contributed by atoms with E-state index in [1.54, 1.807) is 30.2 Å². The Balaban J connectivity index is 1.46. The van der Waals surface area contributed by atoms with E-state index in [-0.39, 0.29) is 5.25 Å². The molecule has 7 heteroatoms. The molecule has 142 valence electrons. The average molecular weight is 410 g/mol. The molecular weight excluding hydrogens is 390 g/mol. The molecule has 1 atom stereocenters. The Morgan fingerprint density at radius 2 is 1.71 bits per heavy atom. The predicted molar refractivity (Wildman–Crippen MR) is 113 cm³/mol. The zero-order valence-electron chi connectivity index (χ0n) is 15.7. The lowest BCUT2D eigenvalue weighted by Gasteiger charge is -2.03. The molecule has 0 bridgehead atoms. The minimum atomic E-state index is 0.0107. The fourth-order valence-corrected chi connectivity index (χ4v) is 4.62. The van der Waals surface area contributed by atoms with Crippen LogP contribution in [-0.2, 0) is 0 Å². The summed E-state index contributed by atoms with van der Waals surface area (Å²) in [4.78, 5) is 4.74. The smallest absolute Gasteiger partial charge is 0.247 e. The third-order valence-corrected chi connectivity index (χ3v) is 6.29. The Bertz CT molecular complexity index is 1060. The summed E-state index contributed by atoms with van der Waals surface area (Å²) in [6, 6.07) is 16.0. The zero-order valence-corrected chi connectivity index (χ0v) is 17.4. The van der Waals surface area contributed by atoms with E-state index >= 15 is 0 Å². The molecule has 5 nitrogen and oxygen atoms in total. The van der Waals surface area contributed by atoms with E-state index in [4.69, 9.17) is 14.1 Å². The largest absolute Gasteiger partial charge is 0.497 e. The van der Waals surface area contributed by atoms with Crippen LogP contribution in [0.2, 0.25) is 0 Å². The van der Waals surface area contributed by atoms with Gasteiger partial charge in [0.25, 0.3) is 0 Å². The Kier molecular flexibility index (Phi) is 5.45. The number of rotatable bonds is 6. The number of thiazole rings is 1. The predicted octanol–water partition coefficient (Wildman–Crippen LogP) is 6.03. The number of nitrogens with zero attached hydrogens (tertiary/aromatic N) is 3. The van der Waals surface area contributed by atoms with E-state index in [0.29, 0.717) is 11.8 Å². The first-order valence-electron chi connectivity index (χ1n) is 8.79. The summed E-state index contributed by atoms with van der Waals surface area (Å²) >= 11 is 3.25. The molecule has 2 heterocycles. The molecule has 0 aliphatic rings. The van der Waals surface area contributed by atoms with Crippen molar-refractivity contribution in [1.82, 2.24) is 15.2 Å². The van der Waals surface area contributed by atoms with Crippen molar-refractivity contribution in [2.24, 2.45) is 0 Å². The molecule has 0 saturated heterocycles. The first-order valence-corrected chi connectivity index (χ1v) is 10.6. The number of thioether (sulfide) groups is 1. The molecule has 0 aliphatic carbocycles. The molecule has 2 aromatic carbocycles. The highest BCUT2D eigenvalue weighted by Crippen LogP contribution is 2.38. The van der Waals surface area contributed by atoms with E-state index in [9.17, 15) is 0 Å². The van der Waals surface area contributed by atoms with E-state index in [2.05, 4.69) is 46.8 Å². The maximum Gasteiger partial charge on any atom is 0.247 e. The third-order valence-electron chi connectivity index (χ3n) is 4.23. The first-order chi connectivity index (χ1) is 13.6. The summed E-state index contributed by atoms with van der Waals surface area (Å²) in [5.74, 6) is 1.88. The van der Waals surface area contributed by atoms with Crippen molar-refractivity contribution in [3.05, 3.63) is 65.4 Å². The number of hydrogen-bond donors (Lipinski definition) is 0. The van der Waals surface area contributed by atoms with Crippen LogP contribution < -0.4 is 4.74 Å². The maximum atomic E-state index is 5.87. The number of ether oxygens (including phenoxy) is 1. The van der Waals surface area contributed by atoms with Gasteiger partial charge in [0.1, 0.15) is 5.75 Å². The van der Waals surface area contributed by atoms with Crippen molar-refractivity contribution in [3.8, 4) is 28.5 Å². The lowest BCUT2D eigenvalue weighted by molar-refractivity contribution is 0.415. The second-order valence-electron chi connectivity index (χ2n) is 6.30. The maximum absolute atomic E-state index is 5.87. The molecule has 2 aromatic heterocycles. The molecule has 0 spiro atoms. The van der Waals surface area contributed by atoms with Crippen LogP contribution in [0.3, 0.4) is 0 Å². The van der Waals surface area contributed by atoms with Crippen LogP contribution in [0, 0.1) is 6.92 Å². The zero-order chi connectivity index (χ0) is 19.5. The minimum Gasteiger partial charge on any atom is -0.497 e. The Labute approximate surface area is 171 Å². The first kappa shape index (κ1) is 18.7. The van der Waals surface area contributed by atoms with Crippen molar-refractivity contribution in [2.45, 2.75) is 23.4 Å². The molecular formula is C21H19N3O2S2. The van der Waals surface area contributed by atoms with E-state index in [1.165, 1.54) is 5.56 Å². The van der Waals surface area contributed by atoms with Gasteiger partial charge in [0.15, 0.2) is 4.34 Å². The van der Waals surface area contributed by atoms with E-state index in [0.717, 1.165) is 26.9 Å². The second kappa shape index (κ2) is 8.16. The summed E-state index contributed by atoms with van der Waals surface area (Å²) in [5, 5.41) is 10.5. The van der Waals surface area contributed by atoms with Gasteiger partial charge in [0.05, 0.1) is 18.1 Å². The summed E-state index contributed by atoms with van der Waals surface area (Å²) in [6.45, 7) is 4.13. The van der Waals surface area contributed by atoms with Crippen molar-refractivity contribution in [3.63, 3.8) is 0 Å². The van der Waals surface area contributed by atoms with Gasteiger partial charge in [-0.05, 0) is 38.1 Å². The standard InChI is InChI=1S/C21H19N3O2S2/c1-13-4-6-15(7-5-13)18-12-27-21(22-18)28-14(2)19-23-24-20(26-19)16-8-10-17(25-3)11-9-16/h4-12,14H,1-3H3/t14-/m0/s1. The van der Waals surface area contributed by atoms with Gasteiger partial charge in [-0.3, -0.25) is 0 Å². The van der Waals surface area contributed by atoms with Gasteiger partial charge in [-0.2, -0.15) is 0 Å². The van der Waals surface area contributed by atoms with Crippen molar-refractivity contribution in [2.75, 3.05) is 7.11 Å². The molecule has 0 N–H and O–H groups in total. The molecule has 0 amide bonds. The lowest BCUT2D eigenvalue weighted by Crippen LogP contribution is -1.88. The molecule has 0 aliphatic heterocycles. The third kappa shape index (κ3) is 4.10. The molecule has 28 heavy (non-hydrogen) atoms. The van der Waals surface area contributed by atoms with Crippen LogP contribution in [0.4, 0.5) is 0 Å². The second-order valence-corrected chi connectivity index (χ2v) is 8.74. The monoisotopic (exact) mass is 409 g/mol. The van der Waals surface area contributed by atoms with Gasteiger partial charge in [-0.15, -0.1) is 21.5 Å². The number of benzene rings is 2. The highest BCUT2D eigenvalue weighted by atomic mass is 32.2. The summed E-state index contributed by atoms with van der Waals surface area (Å²) in [5.41, 5.74) is 4.23. The van der Waals surface area contributed by atoms with Crippen molar-refractivity contribution >= 4 is 23.1 Å². The van der Waals surface area contributed by atoms with Crippen molar-refractivity contribution in [1.29, 1.82) is 0 Å². The van der Waals surface area contributed by atoms with Crippen LogP contribution in [0.25, 0.3) is 22.7 Å². The van der Waals surface area contributed by atoms with E-state index in [1.807, 2.05) is 31.2 Å². The Morgan fingerprint density at radius 3 is 2.43 bits per heavy atom. The minimum absolute atomic E-state index is 0.0107. The fraction of sp³-hybridized carbons (Fsp3) is 0.190. The van der Waals surface area contributed by atoms with Gasteiger partial charge in [0, 0.05) is 16.5 Å². The SMILES string of the molecule is COc1ccc(-c2nnc([C@H](C)Sc3nc(-c4ccc(C)cc4)cs3)o2)cc1. The molecule has 4 rings (SSSR count). The Morgan fingerprint density at radius 1 is 1.00 bits per heavy atom. The molecule has 0 saturated carbocycles. The van der Waals surface area contributed by atoms with E-state index < -0.39 is 0 Å². The normalized spacial score (nSPS) is 12.1. The molecule has 0 radical (unpaired) electrons. The van der Waals surface area contributed by atoms with Gasteiger partial charge in [-0.25, -0.2) is 4.98 Å². The summed E-state index contributed by atoms with van der Waals surface area (Å²) in [6.07, 6.45) is 0. The van der Waals surface area contributed by atoms with Gasteiger partial charge in [-0.1, -0.05) is 41.6 Å². The van der Waals surface area contributed by atoms with Gasteiger partial charge < -0.3 is 9.15 Å². The molecule has 0 unspecified atom stereocenters. The van der Waals surface area contributed by atoms with Crippen LogP contribution in [0.15, 0.2) is 62.7 Å². The summed E-state index contributed by atoms with van der Waals surface area (Å²) < 4.78 is 12.0. The molecule has 4 aromatic rings. The Hall–Kier alpha value is -2.64. The number of hydrogen-bond acceptors (Lipinski definition) is 7. The van der Waals surface area contributed by atoms with Crippen molar-refractivity contribution < 1.29 is 9.15 Å². The fourth-order valence-electron chi connectivity index (χ4n) is 2.62. The average Bonchev–Trinajstić information content (AvgIpc) is 3.39. The molecule has 0 fully saturated rings. The van der Waals surface area contributed by atoms with Crippen LogP contribution in [0.1, 0.15) is 23.6 Å².